The average Bonchev–Trinajstić information content (AvgIpc) is 3.24. The van der Waals surface area contributed by atoms with Crippen LogP contribution in [0.1, 0.15) is 12.3 Å². The number of ether oxygens (including phenoxy) is 2. The van der Waals surface area contributed by atoms with Crippen LogP contribution in [0.25, 0.3) is 11.6 Å². The Morgan fingerprint density at radius 1 is 1.14 bits per heavy atom. The van der Waals surface area contributed by atoms with E-state index in [1.54, 1.807) is 0 Å². The number of hydrogen-bond donors (Lipinski definition) is 1. The van der Waals surface area contributed by atoms with Crippen LogP contribution < -0.4 is 10.5 Å². The van der Waals surface area contributed by atoms with Gasteiger partial charge in [-0.15, -0.1) is 23.4 Å². The maximum atomic E-state index is 12.8. The Morgan fingerprint density at radius 3 is 2.43 bits per heavy atom. The van der Waals surface area contributed by atoms with E-state index in [9.17, 15) is 26.4 Å². The lowest BCUT2D eigenvalue weighted by molar-refractivity contribution is -0.274. The summed E-state index contributed by atoms with van der Waals surface area (Å²) in [4.78, 5) is 16.9. The highest BCUT2D eigenvalue weighted by Gasteiger charge is 2.31. The van der Waals surface area contributed by atoms with E-state index in [1.165, 1.54) is 0 Å². The van der Waals surface area contributed by atoms with E-state index in [0.29, 0.717) is 6.54 Å². The van der Waals surface area contributed by atoms with Crippen molar-refractivity contribution in [3.05, 3.63) is 42.4 Å². The molecule has 15 heteroatoms. The van der Waals surface area contributed by atoms with Gasteiger partial charge >= 0.3 is 12.3 Å². The molecule has 3 rings (SSSR count). The Bertz CT molecular complexity index is 1290. The molecule has 2 N–H and O–H groups in total. The summed E-state index contributed by atoms with van der Waals surface area (Å²) in [6.07, 6.45) is -3.74. The summed E-state index contributed by atoms with van der Waals surface area (Å²) in [6.45, 7) is 0.245. The number of rotatable bonds is 9. The molecule has 0 atom stereocenters. The van der Waals surface area contributed by atoms with Crippen LogP contribution in [-0.2, 0) is 26.0 Å². The van der Waals surface area contributed by atoms with Gasteiger partial charge in [0.1, 0.15) is 5.75 Å². The summed E-state index contributed by atoms with van der Waals surface area (Å²) in [5.74, 6) is -1.17. The maximum Gasteiger partial charge on any atom is 0.573 e. The van der Waals surface area contributed by atoms with Gasteiger partial charge in [-0.1, -0.05) is 0 Å². The number of nitrogen functional groups attached to an aromatic ring is 1. The van der Waals surface area contributed by atoms with Crippen molar-refractivity contribution in [2.75, 3.05) is 26.4 Å². The second-order valence-corrected chi connectivity index (χ2v) is 9.30. The molecule has 0 unspecified atom stereocenters. The van der Waals surface area contributed by atoms with Gasteiger partial charge in [-0.05, 0) is 44.4 Å². The van der Waals surface area contributed by atoms with Crippen LogP contribution in [0.15, 0.2) is 50.7 Å². The van der Waals surface area contributed by atoms with Crippen molar-refractivity contribution in [3.63, 3.8) is 0 Å². The molecule has 3 aromatic rings. The Labute approximate surface area is 197 Å². The summed E-state index contributed by atoms with van der Waals surface area (Å²) in [5.41, 5.74) is 5.82. The minimum absolute atomic E-state index is 0.00411. The van der Waals surface area contributed by atoms with E-state index in [4.69, 9.17) is 14.9 Å². The number of hydrogen-bond acceptors (Lipinski definition) is 11. The largest absolute Gasteiger partial charge is 0.573 e. The topological polar surface area (TPSA) is 151 Å². The Hall–Kier alpha value is -3.72. The fraction of sp³-hybridized carbons (Fsp3) is 0.300. The van der Waals surface area contributed by atoms with Gasteiger partial charge in [0.15, 0.2) is 12.3 Å². The number of nitrogens with zero attached hydrogens (tertiary/aromatic N) is 4. The molecule has 0 amide bonds. The zero-order valence-corrected chi connectivity index (χ0v) is 19.3. The summed E-state index contributed by atoms with van der Waals surface area (Å²) in [6, 6.07) is 4.77. The van der Waals surface area contributed by atoms with Crippen LogP contribution in [0, 0.1) is 0 Å². The normalized spacial score (nSPS) is 12.1. The number of benzene rings is 1. The van der Waals surface area contributed by atoms with Gasteiger partial charge in [-0.25, -0.2) is 13.4 Å². The summed E-state index contributed by atoms with van der Waals surface area (Å²) >= 11 is 0. The number of anilines is 1. The minimum Gasteiger partial charge on any atom is -0.456 e. The number of halogens is 3. The fourth-order valence-corrected chi connectivity index (χ4v) is 3.92. The number of carbonyl (C=O) groups is 1. The number of nitrogens with two attached hydrogens (primary N) is 1. The number of pyridine rings is 1. The molecule has 188 valence electrons. The zero-order valence-electron chi connectivity index (χ0n) is 18.4. The van der Waals surface area contributed by atoms with Crippen molar-refractivity contribution in [1.82, 2.24) is 20.1 Å². The lowest BCUT2D eigenvalue weighted by Crippen LogP contribution is -2.17. The van der Waals surface area contributed by atoms with Crippen LogP contribution in [0.3, 0.4) is 0 Å². The van der Waals surface area contributed by atoms with E-state index in [-0.39, 0.29) is 46.0 Å². The van der Waals surface area contributed by atoms with Gasteiger partial charge in [0.2, 0.25) is 9.84 Å². The molecule has 2 heterocycles. The monoisotopic (exact) mass is 515 g/mol. The molecule has 0 fully saturated rings. The van der Waals surface area contributed by atoms with Crippen molar-refractivity contribution >= 4 is 21.5 Å². The highest BCUT2D eigenvalue weighted by Crippen LogP contribution is 2.29. The van der Waals surface area contributed by atoms with Crippen molar-refractivity contribution in [3.8, 4) is 17.3 Å². The number of carbonyl (C=O) groups excluding carboxylic acids is 1. The lowest BCUT2D eigenvalue weighted by Gasteiger charge is -2.10. The van der Waals surface area contributed by atoms with Crippen molar-refractivity contribution in [2.24, 2.45) is 0 Å². The van der Waals surface area contributed by atoms with Crippen LogP contribution >= 0.6 is 0 Å². The van der Waals surface area contributed by atoms with Gasteiger partial charge in [0.25, 0.3) is 11.8 Å². The van der Waals surface area contributed by atoms with E-state index in [0.717, 1.165) is 36.5 Å². The second-order valence-electron chi connectivity index (χ2n) is 7.35. The molecule has 0 aliphatic heterocycles. The predicted molar refractivity (Wildman–Crippen MR) is 113 cm³/mol. The summed E-state index contributed by atoms with van der Waals surface area (Å²) in [7, 11) is -0.524. The van der Waals surface area contributed by atoms with Crippen molar-refractivity contribution < 1.29 is 40.3 Å². The number of esters is 1. The van der Waals surface area contributed by atoms with Gasteiger partial charge in [-0.2, -0.15) is 0 Å². The highest BCUT2D eigenvalue weighted by molar-refractivity contribution is 7.91. The Morgan fingerprint density at radius 2 is 1.83 bits per heavy atom. The molecule has 0 aliphatic rings. The molecule has 11 nitrogen and oxygen atoms in total. The van der Waals surface area contributed by atoms with Crippen molar-refractivity contribution in [1.29, 1.82) is 0 Å². The van der Waals surface area contributed by atoms with Crippen LogP contribution in [0.2, 0.25) is 0 Å². The van der Waals surface area contributed by atoms with Gasteiger partial charge in [-0.3, -0.25) is 4.79 Å². The number of sulfone groups is 1. The number of aromatic nitrogens is 3. The summed E-state index contributed by atoms with van der Waals surface area (Å²) < 4.78 is 76.7. The Balaban J connectivity index is 1.72. The van der Waals surface area contributed by atoms with Gasteiger partial charge in [0.05, 0.1) is 21.9 Å². The minimum atomic E-state index is -4.91. The van der Waals surface area contributed by atoms with Gasteiger partial charge in [0, 0.05) is 12.7 Å². The molecule has 0 radical (unpaired) electrons. The van der Waals surface area contributed by atoms with E-state index < -0.39 is 27.9 Å². The molecule has 0 spiro atoms. The first-order chi connectivity index (χ1) is 16.3. The lowest BCUT2D eigenvalue weighted by atomic mass is 10.3. The average molecular weight is 515 g/mol. The molecular weight excluding hydrogens is 495 g/mol. The van der Waals surface area contributed by atoms with Crippen molar-refractivity contribution in [2.45, 2.75) is 29.2 Å². The number of alkyl halides is 3. The van der Waals surface area contributed by atoms with E-state index >= 15 is 0 Å². The third-order valence-corrected chi connectivity index (χ3v) is 6.10. The molecule has 1 aromatic carbocycles. The van der Waals surface area contributed by atoms with Crippen LogP contribution in [0.5, 0.6) is 5.75 Å². The standard InChI is InChI=1S/C20H20F3N5O6S/c1-28(2)8-7-17(29)32-11-16-26-27-19(33-16)18-15(24)9-14(10-25-18)35(30,31)13-5-3-12(4-6-13)34-20(21,22)23/h3-6,9-10H,7-8,11,24H2,1-2H3. The third kappa shape index (κ3) is 6.89. The maximum absolute atomic E-state index is 12.8. The summed E-state index contributed by atoms with van der Waals surface area (Å²) in [5, 5.41) is 7.52. The molecule has 0 aliphatic carbocycles. The van der Waals surface area contributed by atoms with Crippen LogP contribution in [-0.4, -0.2) is 61.5 Å². The van der Waals surface area contributed by atoms with E-state index in [2.05, 4.69) is 19.9 Å². The Kier molecular flexibility index (Phi) is 7.60. The quantitative estimate of drug-likeness (QED) is 0.418. The molecule has 2 aromatic heterocycles. The highest BCUT2D eigenvalue weighted by atomic mass is 32.2. The van der Waals surface area contributed by atoms with Gasteiger partial charge < -0.3 is 24.5 Å². The third-order valence-electron chi connectivity index (χ3n) is 4.36. The predicted octanol–water partition coefficient (Wildman–Crippen LogP) is 2.44. The van der Waals surface area contributed by atoms with Crippen LogP contribution in [0.4, 0.5) is 18.9 Å². The molecular formula is C20H20F3N5O6S. The molecule has 35 heavy (non-hydrogen) atoms. The van der Waals surface area contributed by atoms with E-state index in [1.807, 2.05) is 19.0 Å². The zero-order chi connectivity index (χ0) is 25.8. The molecule has 0 saturated heterocycles. The first kappa shape index (κ1) is 25.9. The first-order valence-electron chi connectivity index (χ1n) is 9.84. The molecule has 0 bridgehead atoms. The SMILES string of the molecule is CN(C)CCC(=O)OCc1nnc(-c2ncc(S(=O)(=O)c3ccc(OC(F)(F)F)cc3)cc2N)o1. The smallest absolute Gasteiger partial charge is 0.456 e. The fourth-order valence-electron chi connectivity index (χ4n) is 2.68. The first-order valence-corrected chi connectivity index (χ1v) is 11.3. The molecule has 0 saturated carbocycles. The second kappa shape index (κ2) is 10.3.